The summed E-state index contributed by atoms with van der Waals surface area (Å²) in [4.78, 5) is 0. The molecule has 4 atom stereocenters. The van der Waals surface area contributed by atoms with Crippen LogP contribution in [0.4, 0.5) is 0 Å². The molecule has 2 rings (SSSR count). The highest BCUT2D eigenvalue weighted by atomic mass is 16.3. The molecule has 0 aromatic rings. The van der Waals surface area contributed by atoms with E-state index in [4.69, 9.17) is 0 Å². The van der Waals surface area contributed by atoms with Crippen molar-refractivity contribution in [2.75, 3.05) is 0 Å². The molecule has 2 aliphatic rings. The fraction of sp³-hybridized carbons (Fsp3) is 0.800. The van der Waals surface area contributed by atoms with Crippen molar-refractivity contribution in [1.82, 2.24) is 0 Å². The smallest absolute Gasteiger partial charge is 0.0656 e. The van der Waals surface area contributed by atoms with Gasteiger partial charge in [-0.3, -0.25) is 0 Å². The molecule has 0 radical (unpaired) electrons. The Hall–Kier alpha value is -0.560. The third-order valence-electron chi connectivity index (χ3n) is 6.76. The van der Waals surface area contributed by atoms with Crippen molar-refractivity contribution in [2.24, 2.45) is 22.7 Å². The van der Waals surface area contributed by atoms with Gasteiger partial charge in [-0.1, -0.05) is 51.5 Å². The van der Waals surface area contributed by atoms with Crippen LogP contribution in [0.15, 0.2) is 24.3 Å². The van der Waals surface area contributed by atoms with Crippen LogP contribution in [0.2, 0.25) is 0 Å². The molecular weight excluding hydrogens is 256 g/mol. The third-order valence-corrected chi connectivity index (χ3v) is 6.76. The molecule has 0 spiro atoms. The molecule has 0 bridgehead atoms. The van der Waals surface area contributed by atoms with Crippen LogP contribution in [0.1, 0.15) is 73.1 Å². The first kappa shape index (κ1) is 16.8. The van der Waals surface area contributed by atoms with Gasteiger partial charge in [-0.15, -0.1) is 0 Å². The predicted molar refractivity (Wildman–Crippen MR) is 91.1 cm³/mol. The van der Waals surface area contributed by atoms with E-state index in [1.165, 1.54) is 31.3 Å². The third kappa shape index (κ3) is 2.99. The Morgan fingerprint density at radius 1 is 1.19 bits per heavy atom. The molecule has 2 fully saturated rings. The Morgan fingerprint density at radius 3 is 2.48 bits per heavy atom. The number of hydrogen-bond acceptors (Lipinski definition) is 1. The van der Waals surface area contributed by atoms with E-state index in [1.807, 2.05) is 6.08 Å². The Balaban J connectivity index is 2.35. The monoisotopic (exact) mass is 290 g/mol. The summed E-state index contributed by atoms with van der Waals surface area (Å²) in [6.45, 7) is 15.4. The Bertz CT molecular complexity index is 429. The SMILES string of the molecule is C=C/C(C)=C\C[C@H]1[C@@]2(C)CCCC(C)(C)[C@@H]2CC[C@@]1(C)O. The van der Waals surface area contributed by atoms with Gasteiger partial charge < -0.3 is 5.11 Å². The molecule has 0 aromatic heterocycles. The highest BCUT2D eigenvalue weighted by molar-refractivity contribution is 5.15. The molecule has 0 saturated heterocycles. The molecule has 120 valence electrons. The maximum absolute atomic E-state index is 11.0. The van der Waals surface area contributed by atoms with Crippen molar-refractivity contribution in [2.45, 2.75) is 78.7 Å². The molecule has 0 unspecified atom stereocenters. The standard InChI is InChI=1S/C20H34O/c1-7-15(2)9-10-17-19(5)13-8-12-18(3,4)16(19)11-14-20(17,6)21/h7,9,16-17,21H,1,8,10-14H2,2-6H3/b15-9-/t16-,17-,19-,20+/m0/s1. The minimum absolute atomic E-state index is 0.265. The molecule has 0 aliphatic heterocycles. The van der Waals surface area contributed by atoms with Crippen molar-refractivity contribution in [3.8, 4) is 0 Å². The second-order valence-electron chi connectivity index (χ2n) is 8.74. The highest BCUT2D eigenvalue weighted by Crippen LogP contribution is 2.62. The zero-order chi connectivity index (χ0) is 15.9. The zero-order valence-corrected chi connectivity index (χ0v) is 14.7. The van der Waals surface area contributed by atoms with Gasteiger partial charge in [0.25, 0.3) is 0 Å². The summed E-state index contributed by atoms with van der Waals surface area (Å²) in [6.07, 6.45) is 11.2. The van der Waals surface area contributed by atoms with Gasteiger partial charge in [-0.2, -0.15) is 0 Å². The number of hydrogen-bond donors (Lipinski definition) is 1. The van der Waals surface area contributed by atoms with E-state index in [1.54, 1.807) is 0 Å². The van der Waals surface area contributed by atoms with Crippen LogP contribution in [-0.4, -0.2) is 10.7 Å². The first-order valence-corrected chi connectivity index (χ1v) is 8.65. The van der Waals surface area contributed by atoms with E-state index in [9.17, 15) is 5.11 Å². The molecular formula is C20H34O. The van der Waals surface area contributed by atoms with Gasteiger partial charge in [-0.25, -0.2) is 0 Å². The number of rotatable bonds is 3. The molecule has 1 heteroatoms. The Morgan fingerprint density at radius 2 is 1.86 bits per heavy atom. The van der Waals surface area contributed by atoms with E-state index in [2.05, 4.69) is 47.3 Å². The fourth-order valence-corrected chi connectivity index (χ4v) is 5.53. The first-order valence-electron chi connectivity index (χ1n) is 8.65. The van der Waals surface area contributed by atoms with Crippen LogP contribution in [0, 0.1) is 22.7 Å². The molecule has 2 aliphatic carbocycles. The van der Waals surface area contributed by atoms with Gasteiger partial charge in [-0.05, 0) is 68.6 Å². The van der Waals surface area contributed by atoms with Crippen molar-refractivity contribution < 1.29 is 5.11 Å². The molecule has 1 N–H and O–H groups in total. The van der Waals surface area contributed by atoms with Crippen molar-refractivity contribution >= 4 is 0 Å². The quantitative estimate of drug-likeness (QED) is 0.680. The Kier molecular flexibility index (Phi) is 4.46. The largest absolute Gasteiger partial charge is 0.390 e. The summed E-state index contributed by atoms with van der Waals surface area (Å²) in [5.41, 5.74) is 1.38. The van der Waals surface area contributed by atoms with Crippen LogP contribution in [-0.2, 0) is 0 Å². The lowest BCUT2D eigenvalue weighted by Crippen LogP contribution is -2.57. The Labute approximate surface area is 131 Å². The predicted octanol–water partition coefficient (Wildman–Crippen LogP) is 5.50. The van der Waals surface area contributed by atoms with E-state index in [0.717, 1.165) is 18.8 Å². The van der Waals surface area contributed by atoms with Crippen LogP contribution < -0.4 is 0 Å². The van der Waals surface area contributed by atoms with Gasteiger partial charge in [0.05, 0.1) is 5.60 Å². The lowest BCUT2D eigenvalue weighted by Gasteiger charge is -2.61. The summed E-state index contributed by atoms with van der Waals surface area (Å²) < 4.78 is 0. The van der Waals surface area contributed by atoms with Crippen molar-refractivity contribution in [3.63, 3.8) is 0 Å². The second-order valence-corrected chi connectivity index (χ2v) is 8.74. The molecule has 0 aromatic carbocycles. The average molecular weight is 290 g/mol. The van der Waals surface area contributed by atoms with Gasteiger partial charge in [0.2, 0.25) is 0 Å². The van der Waals surface area contributed by atoms with E-state index < -0.39 is 5.60 Å². The molecule has 2 saturated carbocycles. The van der Waals surface area contributed by atoms with Crippen LogP contribution >= 0.6 is 0 Å². The summed E-state index contributed by atoms with van der Waals surface area (Å²) in [5.74, 6) is 1.10. The van der Waals surface area contributed by atoms with E-state index in [0.29, 0.717) is 11.3 Å². The number of fused-ring (bicyclic) bond motifs is 1. The van der Waals surface area contributed by atoms with Crippen LogP contribution in [0.5, 0.6) is 0 Å². The van der Waals surface area contributed by atoms with Crippen LogP contribution in [0.25, 0.3) is 0 Å². The maximum atomic E-state index is 11.0. The number of allylic oxidation sites excluding steroid dienone is 3. The highest BCUT2D eigenvalue weighted by Gasteiger charge is 2.57. The van der Waals surface area contributed by atoms with Gasteiger partial charge in [0, 0.05) is 0 Å². The van der Waals surface area contributed by atoms with Gasteiger partial charge in [0.1, 0.15) is 0 Å². The van der Waals surface area contributed by atoms with Gasteiger partial charge in [0.15, 0.2) is 0 Å². The van der Waals surface area contributed by atoms with E-state index >= 15 is 0 Å². The van der Waals surface area contributed by atoms with Crippen molar-refractivity contribution in [3.05, 3.63) is 24.3 Å². The summed E-state index contributed by atoms with van der Waals surface area (Å²) in [5, 5.41) is 11.0. The van der Waals surface area contributed by atoms with Crippen LogP contribution in [0.3, 0.4) is 0 Å². The van der Waals surface area contributed by atoms with Gasteiger partial charge >= 0.3 is 0 Å². The molecule has 0 amide bonds. The summed E-state index contributed by atoms with van der Waals surface area (Å²) >= 11 is 0. The second kappa shape index (κ2) is 5.57. The molecule has 0 heterocycles. The molecule has 21 heavy (non-hydrogen) atoms. The lowest BCUT2D eigenvalue weighted by atomic mass is 9.45. The summed E-state index contributed by atoms with van der Waals surface area (Å²) in [7, 11) is 0. The van der Waals surface area contributed by atoms with E-state index in [-0.39, 0.29) is 5.41 Å². The summed E-state index contributed by atoms with van der Waals surface area (Å²) in [6, 6.07) is 0. The molecule has 1 nitrogen and oxygen atoms in total. The normalized spacial score (nSPS) is 43.2. The van der Waals surface area contributed by atoms with Crippen molar-refractivity contribution in [1.29, 1.82) is 0 Å². The zero-order valence-electron chi connectivity index (χ0n) is 14.7. The first-order chi connectivity index (χ1) is 9.63. The lowest BCUT2D eigenvalue weighted by molar-refractivity contribution is -0.165. The minimum Gasteiger partial charge on any atom is -0.390 e. The topological polar surface area (TPSA) is 20.2 Å². The number of aliphatic hydroxyl groups is 1. The fourth-order valence-electron chi connectivity index (χ4n) is 5.53. The average Bonchev–Trinajstić information content (AvgIpc) is 2.35. The minimum atomic E-state index is -0.531. The maximum Gasteiger partial charge on any atom is 0.0656 e.